The van der Waals surface area contributed by atoms with Gasteiger partial charge in [0.05, 0.1) is 7.11 Å². The van der Waals surface area contributed by atoms with Crippen LogP contribution in [0.15, 0.2) is 34.9 Å². The van der Waals surface area contributed by atoms with Crippen molar-refractivity contribution < 1.29 is 29.1 Å². The molecule has 2 aromatic rings. The van der Waals surface area contributed by atoms with Crippen LogP contribution in [0, 0.1) is 6.92 Å². The third-order valence-electron chi connectivity index (χ3n) is 3.19. The van der Waals surface area contributed by atoms with E-state index in [4.69, 9.17) is 9.26 Å². The molecule has 1 amide bonds. The first kappa shape index (κ1) is 16.5. The summed E-state index contributed by atoms with van der Waals surface area (Å²) in [6.07, 6.45) is -1.43. The van der Waals surface area contributed by atoms with Crippen molar-refractivity contribution in [3.63, 3.8) is 0 Å². The van der Waals surface area contributed by atoms with Crippen LogP contribution >= 0.6 is 0 Å². The molecule has 8 heteroatoms. The normalized spacial score (nSPS) is 13.2. The van der Waals surface area contributed by atoms with E-state index in [1.807, 2.05) is 0 Å². The largest absolute Gasteiger partial charge is 0.497 e. The molecule has 0 saturated heterocycles. The number of carbonyl (C=O) groups excluding carboxylic acids is 1. The molecule has 0 aliphatic rings. The number of carbonyl (C=O) groups is 2. The Bertz CT molecular complexity index is 694. The Hall–Kier alpha value is -2.87. The molecule has 0 aliphatic carbocycles. The van der Waals surface area contributed by atoms with Crippen molar-refractivity contribution in [3.8, 4) is 5.75 Å². The van der Waals surface area contributed by atoms with Gasteiger partial charge >= 0.3 is 5.97 Å². The van der Waals surface area contributed by atoms with Crippen LogP contribution in [0.25, 0.3) is 0 Å². The fraction of sp³-hybridized carbons (Fsp3) is 0.267. The summed E-state index contributed by atoms with van der Waals surface area (Å²) in [5.74, 6) is -1.14. The van der Waals surface area contributed by atoms with Gasteiger partial charge in [0.1, 0.15) is 17.6 Å². The first-order valence-electron chi connectivity index (χ1n) is 6.71. The molecule has 8 nitrogen and oxygen atoms in total. The average molecular weight is 320 g/mol. The molecule has 1 aromatic carbocycles. The summed E-state index contributed by atoms with van der Waals surface area (Å²) in [4.78, 5) is 23.3. The van der Waals surface area contributed by atoms with Gasteiger partial charge < -0.3 is 24.8 Å². The molecule has 0 bridgehead atoms. The van der Waals surface area contributed by atoms with Gasteiger partial charge in [-0.3, -0.25) is 4.79 Å². The van der Waals surface area contributed by atoms with Crippen molar-refractivity contribution in [2.45, 2.75) is 19.1 Å². The number of nitrogens with one attached hydrogen (secondary N) is 1. The molecule has 0 spiro atoms. The maximum absolute atomic E-state index is 12.0. The molecule has 122 valence electrons. The lowest BCUT2D eigenvalue weighted by molar-refractivity contribution is -0.142. The molecule has 0 fully saturated rings. The highest BCUT2D eigenvalue weighted by atomic mass is 16.5. The zero-order chi connectivity index (χ0) is 17.0. The smallest absolute Gasteiger partial charge is 0.329 e. The Morgan fingerprint density at radius 1 is 1.30 bits per heavy atom. The van der Waals surface area contributed by atoms with Gasteiger partial charge in [-0.15, -0.1) is 0 Å². The van der Waals surface area contributed by atoms with E-state index in [-0.39, 0.29) is 5.69 Å². The zero-order valence-corrected chi connectivity index (χ0v) is 12.5. The number of aliphatic hydroxyl groups is 1. The van der Waals surface area contributed by atoms with Crippen LogP contribution in [-0.2, 0) is 4.79 Å². The molecule has 2 atom stereocenters. The lowest BCUT2D eigenvalue weighted by Crippen LogP contribution is -2.45. The molecule has 0 radical (unpaired) electrons. The van der Waals surface area contributed by atoms with Crippen molar-refractivity contribution in [1.82, 2.24) is 10.5 Å². The fourth-order valence-corrected chi connectivity index (χ4v) is 1.96. The molecule has 1 heterocycles. The third kappa shape index (κ3) is 3.86. The molecular formula is C15H16N2O6. The number of amides is 1. The summed E-state index contributed by atoms with van der Waals surface area (Å²) in [7, 11) is 1.49. The van der Waals surface area contributed by atoms with Crippen LogP contribution in [0.5, 0.6) is 5.75 Å². The zero-order valence-electron chi connectivity index (χ0n) is 12.5. The Morgan fingerprint density at radius 2 is 1.96 bits per heavy atom. The summed E-state index contributed by atoms with van der Waals surface area (Å²) in [6.45, 7) is 1.60. The number of nitrogens with zero attached hydrogens (tertiary/aromatic N) is 1. The monoisotopic (exact) mass is 320 g/mol. The van der Waals surface area contributed by atoms with Gasteiger partial charge in [0, 0.05) is 6.07 Å². The van der Waals surface area contributed by atoms with E-state index in [1.54, 1.807) is 19.1 Å². The quantitative estimate of drug-likeness (QED) is 0.723. The Balaban J connectivity index is 2.16. The minimum Gasteiger partial charge on any atom is -0.497 e. The Kier molecular flexibility index (Phi) is 4.97. The summed E-state index contributed by atoms with van der Waals surface area (Å²) in [5, 5.41) is 25.2. The predicted octanol–water partition coefficient (Wildman–Crippen LogP) is 0.908. The molecule has 2 unspecified atom stereocenters. The lowest BCUT2D eigenvalue weighted by Gasteiger charge is -2.20. The predicted molar refractivity (Wildman–Crippen MR) is 78.1 cm³/mol. The van der Waals surface area contributed by atoms with E-state index in [9.17, 15) is 19.8 Å². The SMILES string of the molecule is COc1ccc(C(O)C(NC(=O)c2cc(C)on2)C(=O)O)cc1. The molecule has 0 aliphatic heterocycles. The highest BCUT2D eigenvalue weighted by molar-refractivity contribution is 5.95. The molecule has 3 N–H and O–H groups in total. The van der Waals surface area contributed by atoms with Crippen LogP contribution in [-0.4, -0.2) is 40.4 Å². The average Bonchev–Trinajstić information content (AvgIpc) is 2.98. The van der Waals surface area contributed by atoms with E-state index >= 15 is 0 Å². The lowest BCUT2D eigenvalue weighted by atomic mass is 10.0. The number of aryl methyl sites for hydroxylation is 1. The number of hydrogen-bond acceptors (Lipinski definition) is 6. The standard InChI is InChI=1S/C15H16N2O6/c1-8-7-11(17-23-8)14(19)16-12(15(20)21)13(18)9-3-5-10(22-2)6-4-9/h3-7,12-13,18H,1-2H3,(H,16,19)(H,20,21). The van der Waals surface area contributed by atoms with Crippen LogP contribution in [0.3, 0.4) is 0 Å². The number of carboxylic acids is 1. The molecular weight excluding hydrogens is 304 g/mol. The van der Waals surface area contributed by atoms with Crippen molar-refractivity contribution in [2.75, 3.05) is 7.11 Å². The van der Waals surface area contributed by atoms with Crippen molar-refractivity contribution in [3.05, 3.63) is 47.3 Å². The number of carboxylic acid groups (broad SMARTS) is 1. The number of benzene rings is 1. The Labute approximate surface area is 131 Å². The van der Waals surface area contributed by atoms with Gasteiger partial charge in [-0.25, -0.2) is 4.79 Å². The molecule has 23 heavy (non-hydrogen) atoms. The summed E-state index contributed by atoms with van der Waals surface area (Å²) in [5.41, 5.74) is 0.269. The number of aliphatic hydroxyl groups excluding tert-OH is 1. The van der Waals surface area contributed by atoms with E-state index in [0.29, 0.717) is 17.1 Å². The Morgan fingerprint density at radius 3 is 2.43 bits per heavy atom. The first-order valence-corrected chi connectivity index (χ1v) is 6.71. The second-order valence-corrected chi connectivity index (χ2v) is 4.83. The highest BCUT2D eigenvalue weighted by Crippen LogP contribution is 2.21. The number of methoxy groups -OCH3 is 1. The number of ether oxygens (including phenoxy) is 1. The first-order chi connectivity index (χ1) is 10.9. The van der Waals surface area contributed by atoms with Crippen molar-refractivity contribution in [2.24, 2.45) is 0 Å². The second kappa shape index (κ2) is 6.93. The molecule has 2 rings (SSSR count). The van der Waals surface area contributed by atoms with Gasteiger partial charge in [-0.2, -0.15) is 0 Å². The number of rotatable bonds is 6. The number of aromatic nitrogens is 1. The van der Waals surface area contributed by atoms with Gasteiger partial charge in [-0.1, -0.05) is 17.3 Å². The minimum atomic E-state index is -1.53. The van der Waals surface area contributed by atoms with E-state index in [2.05, 4.69) is 10.5 Å². The summed E-state index contributed by atoms with van der Waals surface area (Å²) < 4.78 is 9.76. The number of aliphatic carboxylic acids is 1. The van der Waals surface area contributed by atoms with E-state index < -0.39 is 24.0 Å². The van der Waals surface area contributed by atoms with Gasteiger partial charge in [-0.05, 0) is 24.6 Å². The maximum atomic E-state index is 12.0. The van der Waals surface area contributed by atoms with Gasteiger partial charge in [0.25, 0.3) is 5.91 Å². The minimum absolute atomic E-state index is 0.0596. The van der Waals surface area contributed by atoms with E-state index in [0.717, 1.165) is 0 Å². The number of hydrogen-bond donors (Lipinski definition) is 3. The van der Waals surface area contributed by atoms with Crippen LogP contribution < -0.4 is 10.1 Å². The maximum Gasteiger partial charge on any atom is 0.329 e. The molecule has 0 saturated carbocycles. The van der Waals surface area contributed by atoms with Crippen molar-refractivity contribution >= 4 is 11.9 Å². The highest BCUT2D eigenvalue weighted by Gasteiger charge is 2.30. The summed E-state index contributed by atoms with van der Waals surface area (Å²) >= 11 is 0. The van der Waals surface area contributed by atoms with E-state index in [1.165, 1.54) is 25.3 Å². The third-order valence-corrected chi connectivity index (χ3v) is 3.19. The van der Waals surface area contributed by atoms with Gasteiger partial charge in [0.2, 0.25) is 0 Å². The molecule has 1 aromatic heterocycles. The fourth-order valence-electron chi connectivity index (χ4n) is 1.96. The summed E-state index contributed by atoms with van der Waals surface area (Å²) in [6, 6.07) is 6.04. The topological polar surface area (TPSA) is 122 Å². The van der Waals surface area contributed by atoms with Crippen molar-refractivity contribution in [1.29, 1.82) is 0 Å². The second-order valence-electron chi connectivity index (χ2n) is 4.83. The van der Waals surface area contributed by atoms with Crippen LogP contribution in [0.1, 0.15) is 27.9 Å². The van der Waals surface area contributed by atoms with Crippen LogP contribution in [0.4, 0.5) is 0 Å². The van der Waals surface area contributed by atoms with Gasteiger partial charge in [0.15, 0.2) is 11.7 Å². The van der Waals surface area contributed by atoms with Crippen LogP contribution in [0.2, 0.25) is 0 Å².